The van der Waals surface area contributed by atoms with E-state index < -0.39 is 15.9 Å². The number of carbonyl (C=O) groups excluding carboxylic acids is 1. The predicted molar refractivity (Wildman–Crippen MR) is 116 cm³/mol. The predicted octanol–water partition coefficient (Wildman–Crippen LogP) is 3.07. The summed E-state index contributed by atoms with van der Waals surface area (Å²) < 4.78 is 28.4. The molecule has 158 valence electrons. The van der Waals surface area contributed by atoms with Crippen molar-refractivity contribution in [2.75, 3.05) is 18.4 Å². The standard InChI is InChI=1S/C21H25N5O3S/c1-5-26(6-2)30(28,29)18-13-20(25(4)14-18)21(27)24-17-9-7-8-16(12-17)19-10-11-22-15(3)23-19/h7-14H,5-6H2,1-4H3,(H,24,27). The average molecular weight is 428 g/mol. The molecule has 0 aliphatic heterocycles. The van der Waals surface area contributed by atoms with Gasteiger partial charge in [-0.3, -0.25) is 4.79 Å². The van der Waals surface area contributed by atoms with Crippen LogP contribution in [-0.4, -0.2) is 46.3 Å². The van der Waals surface area contributed by atoms with Gasteiger partial charge >= 0.3 is 0 Å². The third-order valence-electron chi connectivity index (χ3n) is 4.75. The van der Waals surface area contributed by atoms with Crippen LogP contribution in [0.5, 0.6) is 0 Å². The number of benzene rings is 1. The van der Waals surface area contributed by atoms with Gasteiger partial charge in [0.2, 0.25) is 10.0 Å². The Bertz CT molecular complexity index is 1170. The van der Waals surface area contributed by atoms with Crippen molar-refractivity contribution in [3.05, 3.63) is 60.3 Å². The maximum Gasteiger partial charge on any atom is 0.272 e. The van der Waals surface area contributed by atoms with E-state index in [0.717, 1.165) is 11.3 Å². The monoisotopic (exact) mass is 427 g/mol. The summed E-state index contributed by atoms with van der Waals surface area (Å²) in [5.41, 5.74) is 2.44. The fraction of sp³-hybridized carbons (Fsp3) is 0.286. The normalized spacial score (nSPS) is 11.6. The fourth-order valence-corrected chi connectivity index (χ4v) is 4.71. The Morgan fingerprint density at radius 1 is 1.17 bits per heavy atom. The zero-order valence-electron chi connectivity index (χ0n) is 17.5. The van der Waals surface area contributed by atoms with Gasteiger partial charge in [-0.1, -0.05) is 26.0 Å². The Balaban J connectivity index is 1.85. The van der Waals surface area contributed by atoms with E-state index in [2.05, 4.69) is 15.3 Å². The Hall–Kier alpha value is -3.04. The van der Waals surface area contributed by atoms with Crippen LogP contribution in [0, 0.1) is 6.92 Å². The number of hydrogen-bond donors (Lipinski definition) is 1. The van der Waals surface area contributed by atoms with Crippen LogP contribution in [0.1, 0.15) is 30.2 Å². The minimum absolute atomic E-state index is 0.101. The fourth-order valence-electron chi connectivity index (χ4n) is 3.18. The van der Waals surface area contributed by atoms with Crippen LogP contribution in [0.2, 0.25) is 0 Å². The highest BCUT2D eigenvalue weighted by atomic mass is 32.2. The lowest BCUT2D eigenvalue weighted by Gasteiger charge is -2.17. The molecule has 0 saturated heterocycles. The average Bonchev–Trinajstić information content (AvgIpc) is 3.11. The number of anilines is 1. The van der Waals surface area contributed by atoms with Gasteiger partial charge in [0.15, 0.2) is 0 Å². The lowest BCUT2D eigenvalue weighted by Crippen LogP contribution is -2.30. The van der Waals surface area contributed by atoms with Crippen LogP contribution < -0.4 is 5.32 Å². The molecule has 30 heavy (non-hydrogen) atoms. The molecule has 2 heterocycles. The van der Waals surface area contributed by atoms with Crippen LogP contribution >= 0.6 is 0 Å². The van der Waals surface area contributed by atoms with Crippen LogP contribution in [-0.2, 0) is 17.1 Å². The quantitative estimate of drug-likeness (QED) is 0.625. The molecule has 1 N–H and O–H groups in total. The molecule has 0 spiro atoms. The highest BCUT2D eigenvalue weighted by molar-refractivity contribution is 7.89. The largest absolute Gasteiger partial charge is 0.345 e. The molecule has 8 nitrogen and oxygen atoms in total. The van der Waals surface area contributed by atoms with Crippen molar-refractivity contribution < 1.29 is 13.2 Å². The maximum atomic E-state index is 12.8. The van der Waals surface area contributed by atoms with Crippen molar-refractivity contribution in [2.24, 2.45) is 7.05 Å². The summed E-state index contributed by atoms with van der Waals surface area (Å²) in [7, 11) is -1.99. The number of sulfonamides is 1. The van der Waals surface area contributed by atoms with E-state index in [4.69, 9.17) is 0 Å². The van der Waals surface area contributed by atoms with Crippen LogP contribution in [0.25, 0.3) is 11.3 Å². The molecular formula is C21H25N5O3S. The number of nitrogens with zero attached hydrogens (tertiary/aromatic N) is 4. The van der Waals surface area contributed by atoms with Gasteiger partial charge in [-0.15, -0.1) is 0 Å². The zero-order valence-corrected chi connectivity index (χ0v) is 18.3. The first-order valence-corrected chi connectivity index (χ1v) is 11.1. The van der Waals surface area contributed by atoms with E-state index in [1.54, 1.807) is 39.2 Å². The molecular weight excluding hydrogens is 402 g/mol. The van der Waals surface area contributed by atoms with Gasteiger partial charge in [0.25, 0.3) is 5.91 Å². The third kappa shape index (κ3) is 4.42. The number of hydrogen-bond acceptors (Lipinski definition) is 5. The minimum atomic E-state index is -3.64. The van der Waals surface area contributed by atoms with E-state index in [-0.39, 0.29) is 10.6 Å². The van der Waals surface area contributed by atoms with Gasteiger partial charge in [0, 0.05) is 43.8 Å². The van der Waals surface area contributed by atoms with Gasteiger partial charge < -0.3 is 9.88 Å². The summed E-state index contributed by atoms with van der Waals surface area (Å²) >= 11 is 0. The summed E-state index contributed by atoms with van der Waals surface area (Å²) in [6, 6.07) is 10.5. The third-order valence-corrected chi connectivity index (χ3v) is 6.76. The van der Waals surface area contributed by atoms with Crippen molar-refractivity contribution >= 4 is 21.6 Å². The first kappa shape index (κ1) is 21.7. The number of nitrogens with one attached hydrogen (secondary N) is 1. The van der Waals surface area contributed by atoms with Crippen molar-refractivity contribution in [3.63, 3.8) is 0 Å². The van der Waals surface area contributed by atoms with E-state index in [0.29, 0.717) is 24.6 Å². The molecule has 0 unspecified atom stereocenters. The van der Waals surface area contributed by atoms with Gasteiger partial charge in [0.1, 0.15) is 16.4 Å². The molecule has 1 aromatic carbocycles. The topological polar surface area (TPSA) is 97.2 Å². The molecule has 1 amide bonds. The van der Waals surface area contributed by atoms with Crippen molar-refractivity contribution in [3.8, 4) is 11.3 Å². The number of rotatable bonds is 7. The molecule has 0 aliphatic carbocycles. The number of aryl methyl sites for hydroxylation is 2. The molecule has 9 heteroatoms. The smallest absolute Gasteiger partial charge is 0.272 e. The molecule has 2 aromatic heterocycles. The van der Waals surface area contributed by atoms with E-state index in [9.17, 15) is 13.2 Å². The summed E-state index contributed by atoms with van der Waals surface area (Å²) in [4.78, 5) is 21.4. The molecule has 0 radical (unpaired) electrons. The van der Waals surface area contributed by atoms with Crippen molar-refractivity contribution in [2.45, 2.75) is 25.7 Å². The second kappa shape index (κ2) is 8.76. The van der Waals surface area contributed by atoms with Gasteiger partial charge in [0.05, 0.1) is 5.69 Å². The Labute approximate surface area is 176 Å². The lowest BCUT2D eigenvalue weighted by molar-refractivity contribution is 0.101. The Kier molecular flexibility index (Phi) is 6.33. The number of aromatic nitrogens is 3. The summed E-state index contributed by atoms with van der Waals surface area (Å²) in [5, 5.41) is 2.83. The van der Waals surface area contributed by atoms with Gasteiger partial charge in [-0.25, -0.2) is 18.4 Å². The molecule has 0 aliphatic rings. The highest BCUT2D eigenvalue weighted by Gasteiger charge is 2.25. The van der Waals surface area contributed by atoms with Crippen molar-refractivity contribution in [1.82, 2.24) is 18.8 Å². The second-order valence-corrected chi connectivity index (χ2v) is 8.72. The molecule has 3 aromatic rings. The van der Waals surface area contributed by atoms with Gasteiger partial charge in [-0.05, 0) is 31.2 Å². The summed E-state index contributed by atoms with van der Waals surface area (Å²) in [6.07, 6.45) is 3.15. The van der Waals surface area contributed by atoms with Crippen LogP contribution in [0.15, 0.2) is 53.7 Å². The second-order valence-electron chi connectivity index (χ2n) is 6.79. The molecule has 0 atom stereocenters. The first-order chi connectivity index (χ1) is 14.3. The van der Waals surface area contributed by atoms with Crippen LogP contribution in [0.4, 0.5) is 5.69 Å². The lowest BCUT2D eigenvalue weighted by atomic mass is 10.1. The minimum Gasteiger partial charge on any atom is -0.345 e. The molecule has 0 fully saturated rings. The molecule has 0 saturated carbocycles. The Morgan fingerprint density at radius 2 is 1.90 bits per heavy atom. The summed E-state index contributed by atoms with van der Waals surface area (Å²) in [6.45, 7) is 6.11. The maximum absolute atomic E-state index is 12.8. The SMILES string of the molecule is CCN(CC)S(=O)(=O)c1cc(C(=O)Nc2cccc(-c3ccnc(C)n3)c2)n(C)c1. The Morgan fingerprint density at radius 3 is 2.57 bits per heavy atom. The van der Waals surface area contributed by atoms with E-state index >= 15 is 0 Å². The summed E-state index contributed by atoms with van der Waals surface area (Å²) in [5.74, 6) is 0.266. The number of carbonyl (C=O) groups is 1. The zero-order chi connectivity index (χ0) is 21.9. The molecule has 3 rings (SSSR count). The van der Waals surface area contributed by atoms with E-state index in [1.807, 2.05) is 25.1 Å². The first-order valence-electron chi connectivity index (χ1n) is 9.64. The number of amides is 1. The van der Waals surface area contributed by atoms with Gasteiger partial charge in [-0.2, -0.15) is 4.31 Å². The van der Waals surface area contributed by atoms with E-state index in [1.165, 1.54) is 21.1 Å². The molecule has 0 bridgehead atoms. The van der Waals surface area contributed by atoms with Crippen molar-refractivity contribution in [1.29, 1.82) is 0 Å². The highest BCUT2D eigenvalue weighted by Crippen LogP contribution is 2.22. The van der Waals surface area contributed by atoms with Crippen LogP contribution in [0.3, 0.4) is 0 Å².